The van der Waals surface area contributed by atoms with E-state index in [9.17, 15) is 4.79 Å². The Hall–Kier alpha value is -3.85. The number of fused-ring (bicyclic) bond motifs is 4. The molecule has 9 heteroatoms. The third kappa shape index (κ3) is 3.18. The second-order valence-corrected chi connectivity index (χ2v) is 8.12. The lowest BCUT2D eigenvalue weighted by molar-refractivity contribution is 0.242. The van der Waals surface area contributed by atoms with E-state index >= 15 is 0 Å². The van der Waals surface area contributed by atoms with Gasteiger partial charge in [0, 0.05) is 31.6 Å². The van der Waals surface area contributed by atoms with Gasteiger partial charge in [0.15, 0.2) is 5.65 Å². The molecule has 6 rings (SSSR count). The summed E-state index contributed by atoms with van der Waals surface area (Å²) in [6, 6.07) is 15.5. The van der Waals surface area contributed by atoms with Crippen LogP contribution in [-0.2, 0) is 6.54 Å². The molecule has 1 fully saturated rings. The van der Waals surface area contributed by atoms with E-state index in [0.717, 1.165) is 60.0 Å². The van der Waals surface area contributed by atoms with Crippen LogP contribution in [0.3, 0.4) is 0 Å². The van der Waals surface area contributed by atoms with Crippen LogP contribution in [0.15, 0.2) is 53.3 Å². The summed E-state index contributed by atoms with van der Waals surface area (Å²) < 4.78 is 1.86. The highest BCUT2D eigenvalue weighted by Crippen LogP contribution is 2.23. The highest BCUT2D eigenvalue weighted by Gasteiger charge is 2.23. The minimum absolute atomic E-state index is 0.0893. The maximum atomic E-state index is 12.4. The third-order valence-electron chi connectivity index (χ3n) is 5.96. The standard InChI is InChI=1S/C23H22N8O/c1-15-24-21-16-6-2-4-8-18(16)26-23(31(21)28-15)30-12-10-29(11-13-30)14-20-25-19-9-5-3-7-17(19)22(32)27-20/h2-9H,10-14H2,1H3,(H,25,27,32). The van der Waals surface area contributed by atoms with E-state index in [4.69, 9.17) is 4.98 Å². The highest BCUT2D eigenvalue weighted by molar-refractivity contribution is 5.92. The number of aryl methyl sites for hydroxylation is 1. The van der Waals surface area contributed by atoms with Crippen molar-refractivity contribution in [3.8, 4) is 0 Å². The maximum Gasteiger partial charge on any atom is 0.258 e. The molecule has 0 saturated carbocycles. The van der Waals surface area contributed by atoms with Crippen molar-refractivity contribution < 1.29 is 0 Å². The predicted octanol–water partition coefficient (Wildman–Crippen LogP) is 2.14. The minimum Gasteiger partial charge on any atom is -0.338 e. The summed E-state index contributed by atoms with van der Waals surface area (Å²) in [5.74, 6) is 2.24. The van der Waals surface area contributed by atoms with Gasteiger partial charge in [-0.05, 0) is 31.2 Å². The van der Waals surface area contributed by atoms with Crippen molar-refractivity contribution in [3.63, 3.8) is 0 Å². The van der Waals surface area contributed by atoms with Crippen molar-refractivity contribution in [2.45, 2.75) is 13.5 Å². The molecule has 2 aromatic carbocycles. The first-order valence-corrected chi connectivity index (χ1v) is 10.7. The van der Waals surface area contributed by atoms with E-state index in [1.807, 2.05) is 53.9 Å². The van der Waals surface area contributed by atoms with Crippen molar-refractivity contribution in [3.05, 3.63) is 70.5 Å². The first kappa shape index (κ1) is 18.9. The molecule has 4 heterocycles. The second-order valence-electron chi connectivity index (χ2n) is 8.12. The van der Waals surface area contributed by atoms with E-state index in [1.165, 1.54) is 0 Å². The van der Waals surface area contributed by atoms with E-state index in [2.05, 4.69) is 29.9 Å². The Kier molecular flexibility index (Phi) is 4.36. The van der Waals surface area contributed by atoms with Gasteiger partial charge in [0.2, 0.25) is 5.95 Å². The largest absolute Gasteiger partial charge is 0.338 e. The number of H-pyrrole nitrogens is 1. The number of para-hydroxylation sites is 2. The van der Waals surface area contributed by atoms with E-state index in [1.54, 1.807) is 6.07 Å². The van der Waals surface area contributed by atoms with Gasteiger partial charge in [0.25, 0.3) is 5.56 Å². The molecule has 32 heavy (non-hydrogen) atoms. The highest BCUT2D eigenvalue weighted by atomic mass is 16.1. The molecule has 9 nitrogen and oxygen atoms in total. The number of rotatable bonds is 3. The molecule has 0 atom stereocenters. The van der Waals surface area contributed by atoms with Crippen molar-refractivity contribution >= 4 is 33.4 Å². The number of hydrogen-bond donors (Lipinski definition) is 1. The Morgan fingerprint density at radius 1 is 0.875 bits per heavy atom. The molecule has 0 amide bonds. The number of aromatic nitrogens is 6. The molecule has 1 aliphatic heterocycles. The lowest BCUT2D eigenvalue weighted by atomic mass is 10.2. The van der Waals surface area contributed by atoms with Gasteiger partial charge in [-0.25, -0.2) is 15.0 Å². The quantitative estimate of drug-likeness (QED) is 0.472. The topological polar surface area (TPSA) is 95.3 Å². The van der Waals surface area contributed by atoms with Crippen LogP contribution in [0, 0.1) is 6.92 Å². The fourth-order valence-electron chi connectivity index (χ4n) is 4.38. The summed E-state index contributed by atoms with van der Waals surface area (Å²) >= 11 is 0. The molecule has 0 bridgehead atoms. The van der Waals surface area contributed by atoms with E-state index in [-0.39, 0.29) is 5.56 Å². The molecular weight excluding hydrogens is 404 g/mol. The number of aromatic amines is 1. The molecule has 5 aromatic rings. The van der Waals surface area contributed by atoms with Crippen LogP contribution in [0.1, 0.15) is 11.6 Å². The first-order chi connectivity index (χ1) is 15.7. The molecule has 1 saturated heterocycles. The van der Waals surface area contributed by atoms with Gasteiger partial charge in [-0.3, -0.25) is 9.69 Å². The Morgan fingerprint density at radius 3 is 2.34 bits per heavy atom. The van der Waals surface area contributed by atoms with Gasteiger partial charge in [0.1, 0.15) is 11.6 Å². The van der Waals surface area contributed by atoms with Crippen LogP contribution in [0.25, 0.3) is 27.5 Å². The average Bonchev–Trinajstić information content (AvgIpc) is 3.21. The number of piperazine rings is 1. The summed E-state index contributed by atoms with van der Waals surface area (Å²) in [6.45, 7) is 5.78. The number of anilines is 1. The van der Waals surface area contributed by atoms with Crippen molar-refractivity contribution in [1.82, 2.24) is 34.4 Å². The number of nitrogens with one attached hydrogen (secondary N) is 1. The van der Waals surface area contributed by atoms with Gasteiger partial charge in [0.05, 0.1) is 23.0 Å². The Bertz CT molecular complexity index is 1510. The maximum absolute atomic E-state index is 12.4. The molecule has 1 aliphatic rings. The molecule has 0 radical (unpaired) electrons. The van der Waals surface area contributed by atoms with Gasteiger partial charge >= 0.3 is 0 Å². The fraction of sp³-hybridized carbons (Fsp3) is 0.261. The second kappa shape index (κ2) is 7.38. The van der Waals surface area contributed by atoms with Crippen LogP contribution in [0.2, 0.25) is 0 Å². The fourth-order valence-corrected chi connectivity index (χ4v) is 4.38. The summed E-state index contributed by atoms with van der Waals surface area (Å²) in [5.41, 5.74) is 2.40. The summed E-state index contributed by atoms with van der Waals surface area (Å²) in [6.07, 6.45) is 0. The van der Waals surface area contributed by atoms with E-state index < -0.39 is 0 Å². The number of benzene rings is 2. The zero-order valence-corrected chi connectivity index (χ0v) is 17.7. The number of hydrogen-bond acceptors (Lipinski definition) is 7. The molecule has 0 unspecified atom stereocenters. The van der Waals surface area contributed by atoms with Crippen LogP contribution < -0.4 is 10.5 Å². The molecule has 160 valence electrons. The van der Waals surface area contributed by atoms with Crippen LogP contribution >= 0.6 is 0 Å². The van der Waals surface area contributed by atoms with Crippen LogP contribution in [0.5, 0.6) is 0 Å². The molecule has 3 aromatic heterocycles. The van der Waals surface area contributed by atoms with Gasteiger partial charge in [-0.15, -0.1) is 5.10 Å². The summed E-state index contributed by atoms with van der Waals surface area (Å²) in [7, 11) is 0. The lowest BCUT2D eigenvalue weighted by Crippen LogP contribution is -2.47. The molecule has 0 spiro atoms. The molecule has 0 aliphatic carbocycles. The van der Waals surface area contributed by atoms with Crippen molar-refractivity contribution in [2.75, 3.05) is 31.1 Å². The van der Waals surface area contributed by atoms with Gasteiger partial charge < -0.3 is 9.88 Å². The lowest BCUT2D eigenvalue weighted by Gasteiger charge is -2.35. The SMILES string of the molecule is Cc1nc2c3ccccc3nc(N3CCN(Cc4nc5ccccc5c(=O)[nH]4)CC3)n2n1. The Labute approximate surface area is 183 Å². The van der Waals surface area contributed by atoms with E-state index in [0.29, 0.717) is 17.8 Å². The minimum atomic E-state index is -0.0893. The zero-order chi connectivity index (χ0) is 21.7. The monoisotopic (exact) mass is 426 g/mol. The van der Waals surface area contributed by atoms with Gasteiger partial charge in [-0.1, -0.05) is 24.3 Å². The normalized spacial score (nSPS) is 15.2. The zero-order valence-electron chi connectivity index (χ0n) is 17.7. The Balaban J connectivity index is 1.25. The third-order valence-corrected chi connectivity index (χ3v) is 5.96. The van der Waals surface area contributed by atoms with Crippen molar-refractivity contribution in [1.29, 1.82) is 0 Å². The van der Waals surface area contributed by atoms with Gasteiger partial charge in [-0.2, -0.15) is 4.52 Å². The average molecular weight is 426 g/mol. The Morgan fingerprint density at radius 2 is 1.56 bits per heavy atom. The predicted molar refractivity (Wildman–Crippen MR) is 123 cm³/mol. The van der Waals surface area contributed by atoms with Crippen molar-refractivity contribution in [2.24, 2.45) is 0 Å². The number of nitrogens with zero attached hydrogens (tertiary/aromatic N) is 7. The smallest absolute Gasteiger partial charge is 0.258 e. The summed E-state index contributed by atoms with van der Waals surface area (Å²) in [5, 5.41) is 6.22. The van der Waals surface area contributed by atoms with Crippen LogP contribution in [-0.4, -0.2) is 60.6 Å². The van der Waals surface area contributed by atoms with Crippen LogP contribution in [0.4, 0.5) is 5.95 Å². The molecular formula is C23H22N8O. The molecule has 1 N–H and O–H groups in total. The summed E-state index contributed by atoms with van der Waals surface area (Å²) in [4.78, 5) is 34.0. The first-order valence-electron chi connectivity index (χ1n) is 10.7.